The first kappa shape index (κ1) is 15.1. The molecule has 1 nitrogen and oxygen atoms in total. The molecule has 108 valence electrons. The minimum absolute atomic E-state index is 0.103. The highest BCUT2D eigenvalue weighted by Gasteiger charge is 2.17. The molecule has 0 aliphatic heterocycles. The molecule has 20 heavy (non-hydrogen) atoms. The van der Waals surface area contributed by atoms with Gasteiger partial charge in [0.1, 0.15) is 0 Å². The van der Waals surface area contributed by atoms with Crippen molar-refractivity contribution < 1.29 is 13.2 Å². The largest absolute Gasteiger partial charge is 0.312 e. The molecule has 0 amide bonds. The van der Waals surface area contributed by atoms with E-state index in [1.807, 2.05) is 13.1 Å². The van der Waals surface area contributed by atoms with Gasteiger partial charge in [0.2, 0.25) is 0 Å². The average molecular weight is 299 g/mol. The van der Waals surface area contributed by atoms with Crippen LogP contribution in [-0.4, -0.2) is 7.05 Å². The van der Waals surface area contributed by atoms with E-state index in [0.717, 1.165) is 23.8 Å². The number of benzene rings is 1. The third-order valence-electron chi connectivity index (χ3n) is 3.20. The fourth-order valence-corrected chi connectivity index (χ4v) is 3.29. The zero-order valence-electron chi connectivity index (χ0n) is 11.3. The number of hydrogen-bond acceptors (Lipinski definition) is 2. The van der Waals surface area contributed by atoms with Crippen LogP contribution in [0.4, 0.5) is 13.2 Å². The predicted octanol–water partition coefficient (Wildman–Crippen LogP) is 4.89. The van der Waals surface area contributed by atoms with Crippen molar-refractivity contribution in [2.75, 3.05) is 7.05 Å². The molecule has 1 unspecified atom stereocenters. The number of halogens is 3. The van der Waals surface area contributed by atoms with Crippen LogP contribution in [0, 0.1) is 17.5 Å². The lowest BCUT2D eigenvalue weighted by Crippen LogP contribution is -2.14. The van der Waals surface area contributed by atoms with Crippen molar-refractivity contribution in [3.05, 3.63) is 46.6 Å². The molecule has 0 radical (unpaired) electrons. The van der Waals surface area contributed by atoms with E-state index in [-0.39, 0.29) is 11.6 Å². The molecule has 0 saturated heterocycles. The SMILES string of the molecule is CCCC(NC)c1ccc(-c2ccc(F)c(F)c2F)s1. The second-order valence-corrected chi connectivity index (χ2v) is 5.67. The summed E-state index contributed by atoms with van der Waals surface area (Å²) in [5.74, 6) is -3.71. The summed E-state index contributed by atoms with van der Waals surface area (Å²) in [6.07, 6.45) is 2.00. The van der Waals surface area contributed by atoms with Gasteiger partial charge in [0.25, 0.3) is 0 Å². The number of hydrogen-bond donors (Lipinski definition) is 1. The third kappa shape index (κ3) is 2.88. The summed E-state index contributed by atoms with van der Waals surface area (Å²) in [7, 11) is 1.87. The van der Waals surface area contributed by atoms with Crippen molar-refractivity contribution in [1.82, 2.24) is 5.32 Å². The topological polar surface area (TPSA) is 12.0 Å². The van der Waals surface area contributed by atoms with Gasteiger partial charge in [-0.2, -0.15) is 0 Å². The Hall–Kier alpha value is -1.33. The Bertz CT molecular complexity index is 595. The standard InChI is InChI=1S/C15H16F3NS/c1-3-4-11(19-2)13-8-7-12(20-13)9-5-6-10(16)15(18)14(9)17/h5-8,11,19H,3-4H2,1-2H3. The fourth-order valence-electron chi connectivity index (χ4n) is 2.12. The Morgan fingerprint density at radius 2 is 1.85 bits per heavy atom. The van der Waals surface area contributed by atoms with Crippen molar-refractivity contribution >= 4 is 11.3 Å². The van der Waals surface area contributed by atoms with Crippen LogP contribution in [0.25, 0.3) is 10.4 Å². The predicted molar refractivity (Wildman–Crippen MR) is 76.3 cm³/mol. The van der Waals surface area contributed by atoms with E-state index >= 15 is 0 Å². The van der Waals surface area contributed by atoms with E-state index in [0.29, 0.717) is 4.88 Å². The Morgan fingerprint density at radius 1 is 1.10 bits per heavy atom. The van der Waals surface area contributed by atoms with Crippen molar-refractivity contribution in [1.29, 1.82) is 0 Å². The highest BCUT2D eigenvalue weighted by molar-refractivity contribution is 7.15. The molecule has 0 bridgehead atoms. The van der Waals surface area contributed by atoms with Gasteiger partial charge >= 0.3 is 0 Å². The maximum Gasteiger partial charge on any atom is 0.195 e. The van der Waals surface area contributed by atoms with Crippen molar-refractivity contribution in [2.45, 2.75) is 25.8 Å². The van der Waals surface area contributed by atoms with Gasteiger partial charge in [-0.25, -0.2) is 13.2 Å². The molecule has 1 N–H and O–H groups in total. The number of nitrogens with one attached hydrogen (secondary N) is 1. The number of thiophene rings is 1. The molecule has 1 heterocycles. The minimum atomic E-state index is -1.42. The molecule has 0 aliphatic carbocycles. The first-order valence-electron chi connectivity index (χ1n) is 6.49. The highest BCUT2D eigenvalue weighted by atomic mass is 32.1. The van der Waals surface area contributed by atoms with Crippen LogP contribution in [0.3, 0.4) is 0 Å². The van der Waals surface area contributed by atoms with Gasteiger partial charge in [-0.1, -0.05) is 13.3 Å². The molecule has 1 aromatic carbocycles. The minimum Gasteiger partial charge on any atom is -0.312 e. The van der Waals surface area contributed by atoms with Crippen molar-refractivity contribution in [3.63, 3.8) is 0 Å². The lowest BCUT2D eigenvalue weighted by Gasteiger charge is -2.12. The van der Waals surface area contributed by atoms with Crippen molar-refractivity contribution in [3.8, 4) is 10.4 Å². The van der Waals surface area contributed by atoms with E-state index in [2.05, 4.69) is 12.2 Å². The van der Waals surface area contributed by atoms with Gasteiger partial charge in [-0.3, -0.25) is 0 Å². The monoisotopic (exact) mass is 299 g/mol. The summed E-state index contributed by atoms with van der Waals surface area (Å²) in [4.78, 5) is 1.67. The summed E-state index contributed by atoms with van der Waals surface area (Å²) in [6.45, 7) is 2.09. The molecule has 5 heteroatoms. The molecule has 0 spiro atoms. The van der Waals surface area contributed by atoms with Gasteiger partial charge in [-0.05, 0) is 37.7 Å². The quantitative estimate of drug-likeness (QED) is 0.775. The van der Waals surface area contributed by atoms with Gasteiger partial charge in [-0.15, -0.1) is 11.3 Å². The maximum absolute atomic E-state index is 13.8. The lowest BCUT2D eigenvalue weighted by atomic mass is 10.1. The van der Waals surface area contributed by atoms with Gasteiger partial charge in [0.15, 0.2) is 17.5 Å². The van der Waals surface area contributed by atoms with Crippen LogP contribution in [0.15, 0.2) is 24.3 Å². The van der Waals surface area contributed by atoms with Gasteiger partial charge in [0.05, 0.1) is 0 Å². The molecular formula is C15H16F3NS. The number of rotatable bonds is 5. The maximum atomic E-state index is 13.8. The van der Waals surface area contributed by atoms with E-state index in [4.69, 9.17) is 0 Å². The van der Waals surface area contributed by atoms with Crippen LogP contribution >= 0.6 is 11.3 Å². The van der Waals surface area contributed by atoms with Crippen LogP contribution < -0.4 is 5.32 Å². The molecule has 2 aromatic rings. The van der Waals surface area contributed by atoms with E-state index in [9.17, 15) is 13.2 Å². The Morgan fingerprint density at radius 3 is 2.50 bits per heavy atom. The summed E-state index contributed by atoms with van der Waals surface area (Å²) in [5, 5.41) is 3.20. The molecular weight excluding hydrogens is 283 g/mol. The Labute approximate surface area is 120 Å². The molecule has 0 saturated carbocycles. The molecule has 1 atom stereocenters. The van der Waals surface area contributed by atoms with E-state index in [1.165, 1.54) is 17.4 Å². The molecule has 0 fully saturated rings. The molecule has 1 aromatic heterocycles. The van der Waals surface area contributed by atoms with Crippen LogP contribution in [-0.2, 0) is 0 Å². The zero-order valence-corrected chi connectivity index (χ0v) is 12.2. The average Bonchev–Trinajstić information content (AvgIpc) is 2.91. The van der Waals surface area contributed by atoms with Crippen LogP contribution in [0.5, 0.6) is 0 Å². The first-order valence-corrected chi connectivity index (χ1v) is 7.31. The smallest absolute Gasteiger partial charge is 0.195 e. The second-order valence-electron chi connectivity index (χ2n) is 4.55. The fraction of sp³-hybridized carbons (Fsp3) is 0.333. The third-order valence-corrected chi connectivity index (χ3v) is 4.43. The lowest BCUT2D eigenvalue weighted by molar-refractivity contribution is 0.449. The van der Waals surface area contributed by atoms with Gasteiger partial charge < -0.3 is 5.32 Å². The molecule has 2 rings (SSSR count). The van der Waals surface area contributed by atoms with Crippen molar-refractivity contribution in [2.24, 2.45) is 0 Å². The van der Waals surface area contributed by atoms with Crippen LogP contribution in [0.2, 0.25) is 0 Å². The summed E-state index contributed by atoms with van der Waals surface area (Å²) >= 11 is 1.40. The van der Waals surface area contributed by atoms with E-state index in [1.54, 1.807) is 6.07 Å². The normalized spacial score (nSPS) is 12.7. The summed E-state index contributed by atoms with van der Waals surface area (Å²) in [5.41, 5.74) is 0.103. The molecule has 0 aliphatic rings. The highest BCUT2D eigenvalue weighted by Crippen LogP contribution is 2.35. The van der Waals surface area contributed by atoms with Gasteiger partial charge in [0, 0.05) is 21.4 Å². The summed E-state index contributed by atoms with van der Waals surface area (Å²) in [6, 6.07) is 6.08. The second kappa shape index (κ2) is 6.41. The summed E-state index contributed by atoms with van der Waals surface area (Å²) < 4.78 is 40.0. The zero-order chi connectivity index (χ0) is 14.7. The first-order chi connectivity index (χ1) is 9.58. The Kier molecular flexibility index (Phi) is 4.83. The van der Waals surface area contributed by atoms with E-state index < -0.39 is 17.5 Å². The van der Waals surface area contributed by atoms with Crippen LogP contribution in [0.1, 0.15) is 30.7 Å². The Balaban J connectivity index is 2.36.